The first kappa shape index (κ1) is 50.8. The van der Waals surface area contributed by atoms with E-state index in [4.69, 9.17) is 18.9 Å². The van der Waals surface area contributed by atoms with Crippen LogP contribution in [0.15, 0.2) is 60.8 Å². The van der Waals surface area contributed by atoms with E-state index in [1.165, 1.54) is 25.7 Å². The molecule has 0 aliphatic carbocycles. The molecule has 14 nitrogen and oxygen atoms in total. The van der Waals surface area contributed by atoms with Crippen LogP contribution in [0.3, 0.4) is 0 Å². The number of ether oxygens (including phenoxy) is 4. The lowest BCUT2D eigenvalue weighted by molar-refractivity contribution is -0.359. The molecule has 2 fully saturated rings. The number of aliphatic hydroxyl groups is 8. The summed E-state index contributed by atoms with van der Waals surface area (Å²) >= 11 is 0. The molecule has 2 aliphatic rings. The maximum Gasteiger partial charge on any atom is 0.224 e. The van der Waals surface area contributed by atoms with Gasteiger partial charge in [0.25, 0.3) is 0 Å². The Morgan fingerprint density at radius 2 is 1.14 bits per heavy atom. The molecule has 0 spiro atoms. The number of unbranched alkanes of at least 4 members (excludes halogenated alkanes) is 7. The van der Waals surface area contributed by atoms with Crippen molar-refractivity contribution in [3.63, 3.8) is 0 Å². The van der Waals surface area contributed by atoms with Crippen molar-refractivity contribution in [3.05, 3.63) is 60.8 Å². The molecule has 2 rings (SSSR count). The van der Waals surface area contributed by atoms with Crippen molar-refractivity contribution in [1.82, 2.24) is 5.32 Å². The molecule has 0 aromatic carbocycles. The number of carbonyl (C=O) groups is 1. The fourth-order valence-electron chi connectivity index (χ4n) is 6.54. The Labute approximate surface area is 339 Å². The first-order chi connectivity index (χ1) is 27.6. The lowest BCUT2D eigenvalue weighted by Gasteiger charge is -2.46. The van der Waals surface area contributed by atoms with Crippen molar-refractivity contribution in [2.45, 2.75) is 184 Å². The smallest absolute Gasteiger partial charge is 0.224 e. The molecule has 12 atom stereocenters. The molecular formula is C43H73NO13. The summed E-state index contributed by atoms with van der Waals surface area (Å²) in [7, 11) is 0. The quantitative estimate of drug-likeness (QED) is 0.0392. The maximum absolute atomic E-state index is 13.0. The van der Waals surface area contributed by atoms with Crippen molar-refractivity contribution < 1.29 is 64.6 Å². The van der Waals surface area contributed by atoms with Crippen molar-refractivity contribution in [3.8, 4) is 0 Å². The number of aliphatic hydroxyl groups excluding tert-OH is 8. The van der Waals surface area contributed by atoms with E-state index in [2.05, 4.69) is 61.7 Å². The number of rotatable bonds is 29. The zero-order valence-corrected chi connectivity index (χ0v) is 34.0. The summed E-state index contributed by atoms with van der Waals surface area (Å²) in [5, 5.41) is 86.2. The minimum atomic E-state index is -1.79. The van der Waals surface area contributed by atoms with Gasteiger partial charge in [-0.1, -0.05) is 126 Å². The number of nitrogens with one attached hydrogen (secondary N) is 1. The topological polar surface area (TPSA) is 228 Å². The fourth-order valence-corrected chi connectivity index (χ4v) is 6.54. The van der Waals surface area contributed by atoms with E-state index in [0.717, 1.165) is 51.4 Å². The lowest BCUT2D eigenvalue weighted by atomic mass is 9.97. The number of hydrogen-bond acceptors (Lipinski definition) is 13. The molecule has 1 amide bonds. The van der Waals surface area contributed by atoms with Gasteiger partial charge in [0.15, 0.2) is 12.6 Å². The number of allylic oxidation sites excluding steroid dienone is 9. The van der Waals surface area contributed by atoms with E-state index >= 15 is 0 Å². The van der Waals surface area contributed by atoms with Gasteiger partial charge in [0.1, 0.15) is 48.8 Å². The van der Waals surface area contributed by atoms with E-state index < -0.39 is 86.8 Å². The van der Waals surface area contributed by atoms with Crippen LogP contribution in [-0.4, -0.2) is 140 Å². The lowest BCUT2D eigenvalue weighted by Crippen LogP contribution is -2.65. The monoisotopic (exact) mass is 812 g/mol. The molecule has 2 saturated heterocycles. The van der Waals surface area contributed by atoms with Crippen LogP contribution in [0.2, 0.25) is 0 Å². The first-order valence-corrected chi connectivity index (χ1v) is 21.0. The highest BCUT2D eigenvalue weighted by Gasteiger charge is 2.50. The van der Waals surface area contributed by atoms with Crippen LogP contribution in [0.4, 0.5) is 0 Å². The van der Waals surface area contributed by atoms with Crippen molar-refractivity contribution in [2.75, 3.05) is 19.8 Å². The third-order valence-electron chi connectivity index (χ3n) is 10.0. The van der Waals surface area contributed by atoms with Crippen molar-refractivity contribution in [2.24, 2.45) is 0 Å². The van der Waals surface area contributed by atoms with Crippen LogP contribution in [0.1, 0.15) is 110 Å². The Morgan fingerprint density at radius 3 is 1.70 bits per heavy atom. The second kappa shape index (κ2) is 30.7. The summed E-state index contributed by atoms with van der Waals surface area (Å²) in [4.78, 5) is 13.0. The predicted molar refractivity (Wildman–Crippen MR) is 217 cm³/mol. The van der Waals surface area contributed by atoms with Gasteiger partial charge < -0.3 is 65.1 Å². The standard InChI is InChI=1S/C43H73NO13/c1-3-5-7-9-11-13-14-15-16-17-18-19-21-23-25-27-35(48)44-31(32(47)26-24-22-20-12-10-8-6-4-2)30-54-42-40(53)38(51)41(34(29-46)56-42)57-43-39(52)37(50)36(49)33(28-45)55-43/h5,7,11,13,15-16,18-19,23,25,31-34,36-43,45-47,49-53H,3-4,6,8-10,12,14,17,20-22,24,26-30H2,1-2H3,(H,44,48)/b7-5-,13-11-,16-15-,19-18-,25-23-. The fraction of sp³-hybridized carbons (Fsp3) is 0.744. The molecule has 12 unspecified atom stereocenters. The maximum atomic E-state index is 13.0. The molecule has 9 N–H and O–H groups in total. The van der Waals surface area contributed by atoms with Crippen LogP contribution < -0.4 is 5.32 Å². The van der Waals surface area contributed by atoms with Gasteiger partial charge in [-0.05, 0) is 38.5 Å². The summed E-state index contributed by atoms with van der Waals surface area (Å²) in [6, 6.07) is -0.881. The molecule has 0 aromatic rings. The summed E-state index contributed by atoms with van der Waals surface area (Å²) in [5.74, 6) is -0.341. The molecule has 2 aliphatic heterocycles. The molecule has 0 radical (unpaired) electrons. The second-order valence-corrected chi connectivity index (χ2v) is 14.8. The minimum absolute atomic E-state index is 0.0688. The van der Waals surface area contributed by atoms with Gasteiger partial charge >= 0.3 is 0 Å². The van der Waals surface area contributed by atoms with Gasteiger partial charge in [-0.3, -0.25) is 4.79 Å². The Hall–Kier alpha value is -2.31. The molecule has 0 bridgehead atoms. The highest BCUT2D eigenvalue weighted by Crippen LogP contribution is 2.30. The van der Waals surface area contributed by atoms with E-state index in [1.54, 1.807) is 6.08 Å². The Kier molecular flexibility index (Phi) is 27.4. The predicted octanol–water partition coefficient (Wildman–Crippen LogP) is 3.15. The van der Waals surface area contributed by atoms with E-state index in [1.807, 2.05) is 12.2 Å². The second-order valence-electron chi connectivity index (χ2n) is 14.8. The van der Waals surface area contributed by atoms with E-state index in [-0.39, 0.29) is 18.9 Å². The highest BCUT2D eigenvalue weighted by atomic mass is 16.7. The molecule has 14 heteroatoms. The van der Waals surface area contributed by atoms with E-state index in [0.29, 0.717) is 12.8 Å². The summed E-state index contributed by atoms with van der Waals surface area (Å²) in [5.41, 5.74) is 0. The zero-order valence-electron chi connectivity index (χ0n) is 34.0. The third-order valence-corrected chi connectivity index (χ3v) is 10.0. The van der Waals surface area contributed by atoms with Crippen LogP contribution in [0.5, 0.6) is 0 Å². The average molecular weight is 812 g/mol. The summed E-state index contributed by atoms with van der Waals surface area (Å²) < 4.78 is 22.5. The Morgan fingerprint density at radius 1 is 0.632 bits per heavy atom. The van der Waals surface area contributed by atoms with Gasteiger partial charge in [-0.2, -0.15) is 0 Å². The minimum Gasteiger partial charge on any atom is -0.394 e. The first-order valence-electron chi connectivity index (χ1n) is 21.0. The van der Waals surface area contributed by atoms with Crippen molar-refractivity contribution >= 4 is 5.91 Å². The van der Waals surface area contributed by atoms with Crippen LogP contribution in [-0.2, 0) is 23.7 Å². The average Bonchev–Trinajstić information content (AvgIpc) is 3.21. The number of carbonyl (C=O) groups excluding carboxylic acids is 1. The van der Waals surface area contributed by atoms with Gasteiger partial charge in [0.05, 0.1) is 32.0 Å². The van der Waals surface area contributed by atoms with E-state index in [9.17, 15) is 45.6 Å². The number of amides is 1. The largest absolute Gasteiger partial charge is 0.394 e. The summed E-state index contributed by atoms with van der Waals surface area (Å²) in [6.45, 7) is 2.57. The molecule has 2 heterocycles. The van der Waals surface area contributed by atoms with Crippen LogP contribution in [0, 0.1) is 0 Å². The summed E-state index contributed by atoms with van der Waals surface area (Å²) in [6.07, 6.45) is 17.1. The normalized spacial score (nSPS) is 29.7. The molecule has 0 saturated carbocycles. The number of hydrogen-bond donors (Lipinski definition) is 9. The van der Waals surface area contributed by atoms with Crippen LogP contribution >= 0.6 is 0 Å². The van der Waals surface area contributed by atoms with Gasteiger partial charge in [-0.25, -0.2) is 0 Å². The van der Waals surface area contributed by atoms with Crippen LogP contribution in [0.25, 0.3) is 0 Å². The molecule has 328 valence electrons. The molecule has 57 heavy (non-hydrogen) atoms. The van der Waals surface area contributed by atoms with Gasteiger partial charge in [-0.15, -0.1) is 0 Å². The zero-order chi connectivity index (χ0) is 41.8. The Bertz CT molecular complexity index is 1190. The highest BCUT2D eigenvalue weighted by molar-refractivity contribution is 5.77. The Balaban J connectivity index is 1.94. The van der Waals surface area contributed by atoms with Gasteiger partial charge in [0.2, 0.25) is 5.91 Å². The third kappa shape index (κ3) is 19.5. The SMILES string of the molecule is CC/C=C\C/C=C\C/C=C\C/C=C\C/C=C\CC(=O)NC(COC1OC(CO)C(OC2OC(CO)C(O)C(O)C2O)C(O)C1O)C(O)CCCCCCCCCC. The molecular weight excluding hydrogens is 738 g/mol. The van der Waals surface area contributed by atoms with Crippen molar-refractivity contribution in [1.29, 1.82) is 0 Å². The molecule has 0 aromatic heterocycles. The van der Waals surface area contributed by atoms with Gasteiger partial charge in [0, 0.05) is 6.42 Å².